The van der Waals surface area contributed by atoms with Crippen LogP contribution < -0.4 is 5.32 Å². The Morgan fingerprint density at radius 1 is 1.39 bits per heavy atom. The molecule has 124 valence electrons. The molecule has 0 unspecified atom stereocenters. The van der Waals surface area contributed by atoms with Gasteiger partial charge in [-0.25, -0.2) is 0 Å². The number of hydrogen-bond acceptors (Lipinski definition) is 2. The molecule has 2 aromatic rings. The number of aromatic nitrogens is 1. The van der Waals surface area contributed by atoms with Crippen molar-refractivity contribution in [2.24, 2.45) is 0 Å². The van der Waals surface area contributed by atoms with Crippen molar-refractivity contribution in [3.05, 3.63) is 46.8 Å². The molecule has 2 rings (SSSR count). The van der Waals surface area contributed by atoms with Gasteiger partial charge in [0.1, 0.15) is 0 Å². The maximum atomic E-state index is 12.2. The highest BCUT2D eigenvalue weighted by atomic mass is 35.5. The predicted octanol–water partition coefficient (Wildman–Crippen LogP) is 4.20. The van der Waals surface area contributed by atoms with Crippen LogP contribution in [0.2, 0.25) is 5.02 Å². The van der Waals surface area contributed by atoms with E-state index in [-0.39, 0.29) is 5.91 Å². The Balaban J connectivity index is 1.93. The monoisotopic (exact) mass is 334 g/mol. The number of halogens is 1. The van der Waals surface area contributed by atoms with Gasteiger partial charge in [0.25, 0.3) is 5.91 Å². The molecule has 0 saturated carbocycles. The maximum absolute atomic E-state index is 12.2. The molecule has 0 saturated heterocycles. The van der Waals surface area contributed by atoms with Crippen LogP contribution in [0, 0.1) is 0 Å². The van der Waals surface area contributed by atoms with Crippen molar-refractivity contribution in [3.8, 4) is 0 Å². The molecule has 0 fully saturated rings. The lowest BCUT2D eigenvalue weighted by Crippen LogP contribution is -2.28. The van der Waals surface area contributed by atoms with Crippen molar-refractivity contribution < 1.29 is 9.53 Å². The van der Waals surface area contributed by atoms with Gasteiger partial charge < -0.3 is 15.0 Å². The second-order valence-corrected chi connectivity index (χ2v) is 5.77. The highest BCUT2D eigenvalue weighted by molar-refractivity contribution is 6.31. The van der Waals surface area contributed by atoms with Crippen molar-refractivity contribution in [3.63, 3.8) is 0 Å². The normalized spacial score (nSPS) is 11.7. The minimum atomic E-state index is -0.154. The summed E-state index contributed by atoms with van der Waals surface area (Å²) in [7, 11) is 0. The number of rotatable bonds is 8. The highest BCUT2D eigenvalue weighted by Gasteiger charge is 2.10. The number of allylic oxidation sites excluding steroid dienone is 1. The molecule has 0 bridgehead atoms. The number of H-pyrrole nitrogens is 1. The van der Waals surface area contributed by atoms with E-state index >= 15 is 0 Å². The Kier molecular flexibility index (Phi) is 6.53. The fourth-order valence-electron chi connectivity index (χ4n) is 2.37. The Morgan fingerprint density at radius 2 is 2.22 bits per heavy atom. The molecule has 1 aromatic carbocycles. The first kappa shape index (κ1) is 17.4. The number of carbonyl (C=O) groups excluding carboxylic acids is 1. The van der Waals surface area contributed by atoms with Crippen LogP contribution in [-0.2, 0) is 16.0 Å². The van der Waals surface area contributed by atoms with Gasteiger partial charge in [0.2, 0.25) is 0 Å². The SMILES string of the molecule is CC/C=C(/OCCC)C(=O)NCCc1c[nH]c2ccc(Cl)cc12. The molecule has 0 spiro atoms. The summed E-state index contributed by atoms with van der Waals surface area (Å²) >= 11 is 6.05. The summed E-state index contributed by atoms with van der Waals surface area (Å²) in [6.45, 7) is 5.11. The molecule has 0 aliphatic rings. The number of amides is 1. The number of benzene rings is 1. The van der Waals surface area contributed by atoms with Gasteiger partial charge in [0.15, 0.2) is 5.76 Å². The molecule has 23 heavy (non-hydrogen) atoms. The lowest BCUT2D eigenvalue weighted by molar-refractivity contribution is -0.120. The average molecular weight is 335 g/mol. The second kappa shape index (κ2) is 8.63. The molecule has 1 heterocycles. The van der Waals surface area contributed by atoms with Crippen molar-refractivity contribution in [1.82, 2.24) is 10.3 Å². The van der Waals surface area contributed by atoms with E-state index in [1.807, 2.05) is 44.3 Å². The summed E-state index contributed by atoms with van der Waals surface area (Å²) in [5, 5.41) is 4.72. The van der Waals surface area contributed by atoms with E-state index in [2.05, 4.69) is 10.3 Å². The summed E-state index contributed by atoms with van der Waals surface area (Å²) in [5.74, 6) is 0.259. The zero-order valence-electron chi connectivity index (χ0n) is 13.6. The van der Waals surface area contributed by atoms with E-state index in [9.17, 15) is 4.79 Å². The first-order valence-corrected chi connectivity index (χ1v) is 8.40. The first-order chi connectivity index (χ1) is 11.2. The summed E-state index contributed by atoms with van der Waals surface area (Å²) in [6.07, 6.45) is 6.16. The minimum Gasteiger partial charge on any atom is -0.488 e. The van der Waals surface area contributed by atoms with Crippen LogP contribution in [-0.4, -0.2) is 24.0 Å². The van der Waals surface area contributed by atoms with E-state index < -0.39 is 0 Å². The Bertz CT molecular complexity index is 691. The largest absolute Gasteiger partial charge is 0.488 e. The number of nitrogens with one attached hydrogen (secondary N) is 2. The number of fused-ring (bicyclic) bond motifs is 1. The van der Waals surface area contributed by atoms with Crippen molar-refractivity contribution in [2.45, 2.75) is 33.1 Å². The lowest BCUT2D eigenvalue weighted by Gasteiger charge is -2.10. The molecule has 4 nitrogen and oxygen atoms in total. The van der Waals surface area contributed by atoms with Gasteiger partial charge in [0, 0.05) is 28.7 Å². The molecule has 5 heteroatoms. The zero-order valence-corrected chi connectivity index (χ0v) is 14.4. The predicted molar refractivity (Wildman–Crippen MR) is 94.6 cm³/mol. The topological polar surface area (TPSA) is 54.1 Å². The number of hydrogen-bond donors (Lipinski definition) is 2. The van der Waals surface area contributed by atoms with Crippen LogP contribution in [0.25, 0.3) is 10.9 Å². The molecule has 0 aliphatic carbocycles. The third kappa shape index (κ3) is 4.76. The lowest BCUT2D eigenvalue weighted by atomic mass is 10.1. The number of aromatic amines is 1. The van der Waals surface area contributed by atoms with Crippen molar-refractivity contribution in [2.75, 3.05) is 13.2 Å². The van der Waals surface area contributed by atoms with Gasteiger partial charge in [-0.3, -0.25) is 4.79 Å². The van der Waals surface area contributed by atoms with Gasteiger partial charge in [-0.1, -0.05) is 25.4 Å². The molecule has 2 N–H and O–H groups in total. The van der Waals surface area contributed by atoms with E-state index in [1.54, 1.807) is 0 Å². The van der Waals surface area contributed by atoms with Gasteiger partial charge in [-0.15, -0.1) is 0 Å². The Labute approximate surface area is 141 Å². The molecular weight excluding hydrogens is 312 g/mol. The molecular formula is C18H23ClN2O2. The third-order valence-electron chi connectivity index (χ3n) is 3.48. The molecule has 1 amide bonds. The van der Waals surface area contributed by atoms with Crippen LogP contribution >= 0.6 is 11.6 Å². The molecule has 0 aliphatic heterocycles. The maximum Gasteiger partial charge on any atom is 0.286 e. The first-order valence-electron chi connectivity index (χ1n) is 8.02. The summed E-state index contributed by atoms with van der Waals surface area (Å²) < 4.78 is 5.49. The van der Waals surface area contributed by atoms with Crippen LogP contribution in [0.1, 0.15) is 32.3 Å². The highest BCUT2D eigenvalue weighted by Crippen LogP contribution is 2.22. The third-order valence-corrected chi connectivity index (χ3v) is 3.72. The fourth-order valence-corrected chi connectivity index (χ4v) is 2.54. The van der Waals surface area contributed by atoms with E-state index in [1.165, 1.54) is 0 Å². The van der Waals surface area contributed by atoms with Gasteiger partial charge >= 0.3 is 0 Å². The van der Waals surface area contributed by atoms with Gasteiger partial charge in [0.05, 0.1) is 6.61 Å². The van der Waals surface area contributed by atoms with E-state index in [4.69, 9.17) is 16.3 Å². The van der Waals surface area contributed by atoms with Gasteiger partial charge in [-0.2, -0.15) is 0 Å². The van der Waals surface area contributed by atoms with Crippen LogP contribution in [0.4, 0.5) is 0 Å². The Hall–Kier alpha value is -1.94. The minimum absolute atomic E-state index is 0.154. The van der Waals surface area contributed by atoms with Crippen LogP contribution in [0.3, 0.4) is 0 Å². The number of ether oxygens (including phenoxy) is 1. The standard InChI is InChI=1S/C18H23ClN2O2/c1-3-5-17(23-10-4-2)18(22)20-9-8-13-12-21-16-7-6-14(19)11-15(13)16/h5-7,11-12,21H,3-4,8-10H2,1-2H3,(H,20,22)/b17-5+. The average Bonchev–Trinajstić information content (AvgIpc) is 2.93. The molecule has 1 aromatic heterocycles. The summed E-state index contributed by atoms with van der Waals surface area (Å²) in [6, 6.07) is 5.76. The van der Waals surface area contributed by atoms with Crippen LogP contribution in [0.5, 0.6) is 0 Å². The van der Waals surface area contributed by atoms with Gasteiger partial charge in [-0.05, 0) is 49.1 Å². The second-order valence-electron chi connectivity index (χ2n) is 5.33. The van der Waals surface area contributed by atoms with Crippen molar-refractivity contribution in [1.29, 1.82) is 0 Å². The molecule has 0 atom stereocenters. The molecule has 0 radical (unpaired) electrons. The fraction of sp³-hybridized carbons (Fsp3) is 0.389. The van der Waals surface area contributed by atoms with Crippen LogP contribution in [0.15, 0.2) is 36.2 Å². The summed E-state index contributed by atoms with van der Waals surface area (Å²) in [4.78, 5) is 15.4. The smallest absolute Gasteiger partial charge is 0.286 e. The van der Waals surface area contributed by atoms with E-state index in [0.29, 0.717) is 23.9 Å². The van der Waals surface area contributed by atoms with Crippen molar-refractivity contribution >= 4 is 28.4 Å². The van der Waals surface area contributed by atoms with E-state index in [0.717, 1.165) is 35.7 Å². The quantitative estimate of drug-likeness (QED) is 0.561. The Morgan fingerprint density at radius 3 is 2.96 bits per heavy atom. The summed E-state index contributed by atoms with van der Waals surface area (Å²) in [5.41, 5.74) is 2.19. The zero-order chi connectivity index (χ0) is 16.7. The number of carbonyl (C=O) groups is 1.